The summed E-state index contributed by atoms with van der Waals surface area (Å²) >= 11 is 12.1. The zero-order valence-electron chi connectivity index (χ0n) is 17.9. The van der Waals surface area contributed by atoms with E-state index in [1.165, 1.54) is 6.33 Å². The fraction of sp³-hybridized carbons (Fsp3) is 0.261. The average molecular weight is 485 g/mol. The number of ether oxygens (including phenoxy) is 2. The molecule has 1 unspecified atom stereocenters. The molecule has 8 nitrogen and oxygen atoms in total. The lowest BCUT2D eigenvalue weighted by Gasteiger charge is -2.23. The fourth-order valence-corrected chi connectivity index (χ4v) is 4.35. The van der Waals surface area contributed by atoms with Crippen molar-refractivity contribution in [2.75, 3.05) is 25.9 Å². The summed E-state index contributed by atoms with van der Waals surface area (Å²) < 4.78 is 13.6. The van der Waals surface area contributed by atoms with Gasteiger partial charge < -0.3 is 20.5 Å². The van der Waals surface area contributed by atoms with Gasteiger partial charge in [0.25, 0.3) is 0 Å². The number of nitrogens with zero attached hydrogens (tertiary/aromatic N) is 4. The number of halogens is 2. The molecule has 33 heavy (non-hydrogen) atoms. The molecule has 0 amide bonds. The van der Waals surface area contributed by atoms with Crippen LogP contribution in [-0.2, 0) is 0 Å². The lowest BCUT2D eigenvalue weighted by molar-refractivity contribution is 0.354. The smallest absolute Gasteiger partial charge is 0.169 e. The summed E-state index contributed by atoms with van der Waals surface area (Å²) in [5.74, 6) is 2.01. The molecule has 4 aromatic rings. The van der Waals surface area contributed by atoms with Crippen molar-refractivity contribution in [1.29, 1.82) is 0 Å². The Kier molecular flexibility index (Phi) is 5.97. The van der Waals surface area contributed by atoms with Crippen molar-refractivity contribution >= 4 is 40.1 Å². The maximum Gasteiger partial charge on any atom is 0.169 e. The standard InChI is InChI=1S/C23H22Cl2N6O2/c1-32-19-9-13(4-7-18(19)33-15-5-6-16(24)17(25)10-15)21-20-22(26)28-12-29-23(20)31(30-21)14-3-2-8-27-11-14/h4-7,9-10,12,14,27H,2-3,8,11H2,1H3,(H2,26,28,29). The molecule has 1 aliphatic rings. The van der Waals surface area contributed by atoms with Crippen molar-refractivity contribution < 1.29 is 9.47 Å². The summed E-state index contributed by atoms with van der Waals surface area (Å²) in [5, 5.41) is 9.95. The third kappa shape index (κ3) is 4.17. The van der Waals surface area contributed by atoms with Crippen LogP contribution in [-0.4, -0.2) is 39.9 Å². The number of fused-ring (bicyclic) bond motifs is 1. The number of nitrogen functional groups attached to an aromatic ring is 1. The first kappa shape index (κ1) is 21.8. The maximum absolute atomic E-state index is 6.27. The van der Waals surface area contributed by atoms with Gasteiger partial charge in [-0.1, -0.05) is 23.2 Å². The van der Waals surface area contributed by atoms with E-state index in [9.17, 15) is 0 Å². The number of methoxy groups -OCH3 is 1. The predicted octanol–water partition coefficient (Wildman–Crippen LogP) is 5.11. The number of rotatable bonds is 5. The highest BCUT2D eigenvalue weighted by Crippen LogP contribution is 2.39. The minimum Gasteiger partial charge on any atom is -0.493 e. The number of hydrogen-bond donors (Lipinski definition) is 2. The molecule has 0 saturated carbocycles. The Labute approximate surface area is 200 Å². The molecule has 1 aliphatic heterocycles. The Hall–Kier alpha value is -3.07. The number of aromatic nitrogens is 4. The Bertz CT molecular complexity index is 1320. The molecule has 1 saturated heterocycles. The molecule has 1 atom stereocenters. The van der Waals surface area contributed by atoms with Gasteiger partial charge in [0.05, 0.1) is 28.6 Å². The first-order valence-corrected chi connectivity index (χ1v) is 11.3. The van der Waals surface area contributed by atoms with Crippen LogP contribution in [0.5, 0.6) is 17.2 Å². The van der Waals surface area contributed by atoms with Crippen molar-refractivity contribution in [1.82, 2.24) is 25.1 Å². The van der Waals surface area contributed by atoms with Crippen molar-refractivity contribution in [2.45, 2.75) is 18.9 Å². The van der Waals surface area contributed by atoms with E-state index in [-0.39, 0.29) is 6.04 Å². The number of nitrogens with two attached hydrogens (primary N) is 1. The molecule has 0 radical (unpaired) electrons. The molecule has 3 heterocycles. The van der Waals surface area contributed by atoms with Crippen molar-refractivity contribution in [2.24, 2.45) is 0 Å². The van der Waals surface area contributed by atoms with Gasteiger partial charge in [0.1, 0.15) is 23.6 Å². The van der Waals surface area contributed by atoms with E-state index in [2.05, 4.69) is 15.3 Å². The van der Waals surface area contributed by atoms with Gasteiger partial charge in [-0.05, 0) is 49.7 Å². The van der Waals surface area contributed by atoms with Gasteiger partial charge in [0, 0.05) is 18.2 Å². The van der Waals surface area contributed by atoms with Crippen LogP contribution in [0, 0.1) is 0 Å². The Balaban J connectivity index is 1.56. The second-order valence-corrected chi connectivity index (χ2v) is 8.61. The van der Waals surface area contributed by atoms with Crippen LogP contribution in [0.1, 0.15) is 18.9 Å². The van der Waals surface area contributed by atoms with Gasteiger partial charge >= 0.3 is 0 Å². The second kappa shape index (κ2) is 9.05. The molecule has 2 aromatic heterocycles. The normalized spacial score (nSPS) is 16.2. The molecule has 170 valence electrons. The quantitative estimate of drug-likeness (QED) is 0.405. The number of hydrogen-bond acceptors (Lipinski definition) is 7. The third-order valence-electron chi connectivity index (χ3n) is 5.69. The number of benzene rings is 2. The molecule has 0 bridgehead atoms. The number of nitrogens with one attached hydrogen (secondary N) is 1. The molecule has 2 aromatic carbocycles. The lowest BCUT2D eigenvalue weighted by atomic mass is 10.1. The van der Waals surface area contributed by atoms with Gasteiger partial charge in [0.15, 0.2) is 17.1 Å². The van der Waals surface area contributed by atoms with Gasteiger partial charge in [-0.2, -0.15) is 5.10 Å². The highest BCUT2D eigenvalue weighted by atomic mass is 35.5. The Morgan fingerprint density at radius 3 is 2.73 bits per heavy atom. The predicted molar refractivity (Wildman–Crippen MR) is 129 cm³/mol. The van der Waals surface area contributed by atoms with Crippen LogP contribution >= 0.6 is 23.2 Å². The lowest BCUT2D eigenvalue weighted by Crippen LogP contribution is -2.32. The minimum atomic E-state index is 0.198. The van der Waals surface area contributed by atoms with Crippen LogP contribution in [0.25, 0.3) is 22.3 Å². The second-order valence-electron chi connectivity index (χ2n) is 7.79. The van der Waals surface area contributed by atoms with Crippen molar-refractivity contribution in [3.05, 3.63) is 52.8 Å². The van der Waals surface area contributed by atoms with Crippen molar-refractivity contribution in [3.8, 4) is 28.5 Å². The zero-order chi connectivity index (χ0) is 22.9. The average Bonchev–Trinajstić information content (AvgIpc) is 3.23. The van der Waals surface area contributed by atoms with E-state index in [0.29, 0.717) is 38.8 Å². The van der Waals surface area contributed by atoms with Gasteiger partial charge in [-0.15, -0.1) is 0 Å². The summed E-state index contributed by atoms with van der Waals surface area (Å²) in [7, 11) is 1.59. The van der Waals surface area contributed by atoms with Crippen LogP contribution < -0.4 is 20.5 Å². The monoisotopic (exact) mass is 484 g/mol. The van der Waals surface area contributed by atoms with Gasteiger partial charge in [-0.25, -0.2) is 14.6 Å². The van der Waals surface area contributed by atoms with E-state index in [1.807, 2.05) is 22.9 Å². The summed E-state index contributed by atoms with van der Waals surface area (Å²) in [6.45, 7) is 1.84. The van der Waals surface area contributed by atoms with Crippen LogP contribution in [0.4, 0.5) is 5.82 Å². The Morgan fingerprint density at radius 1 is 1.09 bits per heavy atom. The zero-order valence-corrected chi connectivity index (χ0v) is 19.4. The highest BCUT2D eigenvalue weighted by Gasteiger charge is 2.24. The molecule has 0 spiro atoms. The van der Waals surface area contributed by atoms with E-state index < -0.39 is 0 Å². The molecule has 0 aliphatic carbocycles. The molecule has 10 heteroatoms. The molecule has 1 fully saturated rings. The topological polar surface area (TPSA) is 100 Å². The summed E-state index contributed by atoms with van der Waals surface area (Å²) in [5.41, 5.74) is 8.51. The third-order valence-corrected chi connectivity index (χ3v) is 6.43. The molecule has 3 N–H and O–H groups in total. The summed E-state index contributed by atoms with van der Waals surface area (Å²) in [6.07, 6.45) is 3.58. The number of piperidine rings is 1. The minimum absolute atomic E-state index is 0.198. The van der Waals surface area contributed by atoms with Crippen LogP contribution in [0.15, 0.2) is 42.7 Å². The largest absolute Gasteiger partial charge is 0.493 e. The van der Waals surface area contributed by atoms with Crippen molar-refractivity contribution in [3.63, 3.8) is 0 Å². The first-order valence-electron chi connectivity index (χ1n) is 10.6. The molecular formula is C23H22Cl2N6O2. The van der Waals surface area contributed by atoms with E-state index in [0.717, 1.165) is 42.5 Å². The van der Waals surface area contributed by atoms with E-state index in [1.54, 1.807) is 25.3 Å². The Morgan fingerprint density at radius 2 is 1.97 bits per heavy atom. The fourth-order valence-electron chi connectivity index (χ4n) is 4.06. The highest BCUT2D eigenvalue weighted by molar-refractivity contribution is 6.42. The van der Waals surface area contributed by atoms with Crippen LogP contribution in [0.2, 0.25) is 10.0 Å². The SMILES string of the molecule is COc1cc(-c2nn(C3CCCNC3)c3ncnc(N)c23)ccc1Oc1ccc(Cl)c(Cl)c1. The molecular weight excluding hydrogens is 463 g/mol. The van der Waals surface area contributed by atoms with Crippen LogP contribution in [0.3, 0.4) is 0 Å². The van der Waals surface area contributed by atoms with Gasteiger partial charge in [0.2, 0.25) is 0 Å². The van der Waals surface area contributed by atoms with E-state index in [4.69, 9.17) is 43.5 Å². The van der Waals surface area contributed by atoms with E-state index >= 15 is 0 Å². The maximum atomic E-state index is 6.27. The number of anilines is 1. The van der Waals surface area contributed by atoms with Gasteiger partial charge in [-0.3, -0.25) is 0 Å². The molecule has 5 rings (SSSR count). The summed E-state index contributed by atoms with van der Waals surface area (Å²) in [6, 6.07) is 10.9. The first-order chi connectivity index (χ1) is 16.0. The summed E-state index contributed by atoms with van der Waals surface area (Å²) in [4.78, 5) is 8.70.